The summed E-state index contributed by atoms with van der Waals surface area (Å²) in [6.45, 7) is 1.90. The van der Waals surface area contributed by atoms with E-state index < -0.39 is 9.84 Å². The van der Waals surface area contributed by atoms with Gasteiger partial charge in [0, 0.05) is 17.4 Å². The Balaban J connectivity index is 1.97. The van der Waals surface area contributed by atoms with Crippen LogP contribution in [0.1, 0.15) is 19.8 Å². The molecule has 0 radical (unpaired) electrons. The number of anilines is 1. The number of rotatable bonds is 3. The Morgan fingerprint density at radius 2 is 2.04 bits per heavy atom. The van der Waals surface area contributed by atoms with E-state index in [0.29, 0.717) is 23.7 Å². The Morgan fingerprint density at radius 3 is 2.70 bits per heavy atom. The van der Waals surface area contributed by atoms with Crippen molar-refractivity contribution in [3.63, 3.8) is 0 Å². The number of fused-ring (bicyclic) bond motifs is 1. The van der Waals surface area contributed by atoms with Gasteiger partial charge in [-0.1, -0.05) is 18.7 Å². The molecule has 0 bridgehead atoms. The second-order valence-electron chi connectivity index (χ2n) is 5.69. The minimum Gasteiger partial charge on any atom is -0.316 e. The molecule has 5 nitrogen and oxygen atoms in total. The molecular formula is C15H17FN2O3S2. The molecule has 0 aliphatic carbocycles. The molecular weight excluding hydrogens is 339 g/mol. The first-order valence-electron chi connectivity index (χ1n) is 7.43. The van der Waals surface area contributed by atoms with Crippen LogP contribution < -0.4 is 4.90 Å². The lowest BCUT2D eigenvalue weighted by Crippen LogP contribution is -2.37. The van der Waals surface area contributed by atoms with Crippen molar-refractivity contribution in [1.29, 1.82) is 0 Å². The number of carbonyl (C=O) groups excluding carboxylic acids is 1. The molecule has 2 aliphatic rings. The molecule has 2 fully saturated rings. The fourth-order valence-corrected chi connectivity index (χ4v) is 6.78. The third kappa shape index (κ3) is 3.42. The number of thioether (sulfide) groups is 1. The van der Waals surface area contributed by atoms with Gasteiger partial charge in [-0.3, -0.25) is 4.79 Å². The first kappa shape index (κ1) is 16.4. The van der Waals surface area contributed by atoms with Crippen LogP contribution in [0.5, 0.6) is 0 Å². The summed E-state index contributed by atoms with van der Waals surface area (Å²) in [7, 11) is -3.09. The van der Waals surface area contributed by atoms with Gasteiger partial charge in [0.2, 0.25) is 5.91 Å². The van der Waals surface area contributed by atoms with Gasteiger partial charge in [-0.2, -0.15) is 4.99 Å². The van der Waals surface area contributed by atoms with E-state index in [2.05, 4.69) is 4.99 Å². The van der Waals surface area contributed by atoms with Crippen molar-refractivity contribution >= 4 is 38.4 Å². The number of amidine groups is 1. The predicted octanol–water partition coefficient (Wildman–Crippen LogP) is 2.23. The Morgan fingerprint density at radius 1 is 1.35 bits per heavy atom. The number of nitrogens with zero attached hydrogens (tertiary/aromatic N) is 2. The summed E-state index contributed by atoms with van der Waals surface area (Å²) in [6, 6.07) is 5.56. The van der Waals surface area contributed by atoms with Crippen molar-refractivity contribution < 1.29 is 17.6 Å². The molecule has 2 saturated heterocycles. The third-order valence-electron chi connectivity index (χ3n) is 3.86. The summed E-state index contributed by atoms with van der Waals surface area (Å²) in [5.41, 5.74) is 0.659. The molecule has 0 unspecified atom stereocenters. The van der Waals surface area contributed by atoms with Crippen molar-refractivity contribution in [1.82, 2.24) is 0 Å². The lowest BCUT2D eigenvalue weighted by atomic mass is 10.2. The van der Waals surface area contributed by atoms with E-state index in [4.69, 9.17) is 0 Å². The maximum absolute atomic E-state index is 13.2. The zero-order valence-corrected chi connectivity index (χ0v) is 14.2. The SMILES string of the molecule is CCCC(=O)N=C1S[C@@H]2CS(=O)(=O)C[C@@H]2N1c1ccc(F)cc1. The van der Waals surface area contributed by atoms with Gasteiger partial charge in [0.05, 0.1) is 17.5 Å². The van der Waals surface area contributed by atoms with Crippen molar-refractivity contribution in [2.75, 3.05) is 16.4 Å². The van der Waals surface area contributed by atoms with Crippen molar-refractivity contribution in [3.8, 4) is 0 Å². The first-order valence-corrected chi connectivity index (χ1v) is 10.1. The van der Waals surface area contributed by atoms with Crippen molar-refractivity contribution in [2.24, 2.45) is 4.99 Å². The van der Waals surface area contributed by atoms with Gasteiger partial charge < -0.3 is 4.90 Å². The molecule has 1 aromatic carbocycles. The maximum Gasteiger partial charge on any atom is 0.248 e. The number of hydrogen-bond donors (Lipinski definition) is 0. The van der Waals surface area contributed by atoms with Crippen LogP contribution in [0.2, 0.25) is 0 Å². The summed E-state index contributed by atoms with van der Waals surface area (Å²) in [6.07, 6.45) is 1.06. The second-order valence-corrected chi connectivity index (χ2v) is 9.05. The monoisotopic (exact) mass is 356 g/mol. The first-order chi connectivity index (χ1) is 10.9. The molecule has 0 spiro atoms. The molecule has 1 aromatic rings. The van der Waals surface area contributed by atoms with Crippen LogP contribution in [-0.4, -0.2) is 42.3 Å². The number of amides is 1. The summed E-state index contributed by atoms with van der Waals surface area (Å²) in [4.78, 5) is 17.8. The summed E-state index contributed by atoms with van der Waals surface area (Å²) < 4.78 is 37.0. The van der Waals surface area contributed by atoms with Gasteiger partial charge in [0.25, 0.3) is 0 Å². The fraction of sp³-hybridized carbons (Fsp3) is 0.467. The quantitative estimate of drug-likeness (QED) is 0.831. The zero-order valence-electron chi connectivity index (χ0n) is 12.6. The number of hydrogen-bond acceptors (Lipinski definition) is 4. The number of aliphatic imine (C=N–C) groups is 1. The standard InChI is InChI=1S/C15H17FN2O3S2/c1-2-3-14(19)17-15-18(11-6-4-10(16)5-7-11)12-8-23(20,21)9-13(12)22-15/h4-7,12-13H,2-3,8-9H2,1H3/t12-,13+/m0/s1. The van der Waals surface area contributed by atoms with Crippen molar-refractivity contribution in [3.05, 3.63) is 30.1 Å². The molecule has 2 heterocycles. The lowest BCUT2D eigenvalue weighted by molar-refractivity contribution is -0.117. The highest BCUT2D eigenvalue weighted by atomic mass is 32.2. The molecule has 0 N–H and O–H groups in total. The van der Waals surface area contributed by atoms with Gasteiger partial charge >= 0.3 is 0 Å². The largest absolute Gasteiger partial charge is 0.316 e. The number of benzene rings is 1. The summed E-state index contributed by atoms with van der Waals surface area (Å²) in [5.74, 6) is -0.467. The molecule has 3 rings (SSSR count). The number of halogens is 1. The molecule has 124 valence electrons. The highest BCUT2D eigenvalue weighted by molar-refractivity contribution is 8.16. The summed E-state index contributed by atoms with van der Waals surface area (Å²) >= 11 is 1.33. The fourth-order valence-electron chi connectivity index (χ4n) is 2.84. The van der Waals surface area contributed by atoms with Crippen LogP contribution in [0.4, 0.5) is 10.1 Å². The van der Waals surface area contributed by atoms with E-state index in [0.717, 1.165) is 0 Å². The average Bonchev–Trinajstić information content (AvgIpc) is 2.91. The molecule has 23 heavy (non-hydrogen) atoms. The van der Waals surface area contributed by atoms with E-state index >= 15 is 0 Å². The van der Waals surface area contributed by atoms with Gasteiger partial charge in [-0.15, -0.1) is 0 Å². The minimum absolute atomic E-state index is 0.0308. The Labute approximate surface area is 138 Å². The van der Waals surface area contributed by atoms with Gasteiger partial charge in [-0.25, -0.2) is 12.8 Å². The lowest BCUT2D eigenvalue weighted by Gasteiger charge is -2.24. The Bertz CT molecular complexity index is 746. The van der Waals surface area contributed by atoms with Crippen LogP contribution in [0.15, 0.2) is 29.3 Å². The van der Waals surface area contributed by atoms with E-state index in [1.165, 1.54) is 23.9 Å². The second kappa shape index (κ2) is 6.24. The Kier molecular flexibility index (Phi) is 4.46. The van der Waals surface area contributed by atoms with E-state index in [9.17, 15) is 17.6 Å². The molecule has 0 saturated carbocycles. The Hall–Kier alpha value is -1.41. The zero-order chi connectivity index (χ0) is 16.6. The van der Waals surface area contributed by atoms with Crippen LogP contribution >= 0.6 is 11.8 Å². The number of carbonyl (C=O) groups is 1. The van der Waals surface area contributed by atoms with Crippen LogP contribution in [0.25, 0.3) is 0 Å². The smallest absolute Gasteiger partial charge is 0.248 e. The predicted molar refractivity (Wildman–Crippen MR) is 90.0 cm³/mol. The van der Waals surface area contributed by atoms with Crippen LogP contribution in [0, 0.1) is 5.82 Å². The molecule has 1 amide bonds. The average molecular weight is 356 g/mol. The normalized spacial score (nSPS) is 27.4. The molecule has 2 atom stereocenters. The van der Waals surface area contributed by atoms with Crippen molar-refractivity contribution in [2.45, 2.75) is 31.1 Å². The van der Waals surface area contributed by atoms with E-state index in [1.807, 2.05) is 6.92 Å². The maximum atomic E-state index is 13.2. The van der Waals surface area contributed by atoms with Gasteiger partial charge in [0.1, 0.15) is 5.82 Å². The minimum atomic E-state index is -3.09. The summed E-state index contributed by atoms with van der Waals surface area (Å²) in [5, 5.41) is 0.373. The topological polar surface area (TPSA) is 66.8 Å². The van der Waals surface area contributed by atoms with Crippen LogP contribution in [0.3, 0.4) is 0 Å². The highest BCUT2D eigenvalue weighted by Crippen LogP contribution is 2.40. The van der Waals surface area contributed by atoms with Crippen LogP contribution in [-0.2, 0) is 14.6 Å². The molecule has 2 aliphatic heterocycles. The van der Waals surface area contributed by atoms with Gasteiger partial charge in [0.15, 0.2) is 15.0 Å². The highest BCUT2D eigenvalue weighted by Gasteiger charge is 2.49. The van der Waals surface area contributed by atoms with Gasteiger partial charge in [-0.05, 0) is 30.7 Å². The van der Waals surface area contributed by atoms with E-state index in [1.54, 1.807) is 17.0 Å². The molecule has 0 aromatic heterocycles. The molecule has 8 heteroatoms. The van der Waals surface area contributed by atoms with E-state index in [-0.39, 0.29) is 34.5 Å². The third-order valence-corrected chi connectivity index (χ3v) is 7.07. The number of sulfone groups is 1.